The van der Waals surface area contributed by atoms with Crippen molar-refractivity contribution in [3.8, 4) is 0 Å². The number of benzene rings is 1. The van der Waals surface area contributed by atoms with Gasteiger partial charge in [0.05, 0.1) is 0 Å². The minimum Gasteiger partial charge on any atom is -0.316 e. The molecule has 1 aromatic rings. The minimum atomic E-state index is 0.673. The maximum Gasteiger partial charge on any atom is 0.00204 e. The molecule has 1 aromatic carbocycles. The Bertz CT molecular complexity index is 379. The second-order valence-electron chi connectivity index (χ2n) is 5.64. The Morgan fingerprint density at radius 3 is 2.88 bits per heavy atom. The van der Waals surface area contributed by atoms with Gasteiger partial charge in [-0.3, -0.25) is 0 Å². The Morgan fingerprint density at radius 1 is 1.38 bits per heavy atom. The van der Waals surface area contributed by atoms with E-state index in [9.17, 15) is 0 Å². The molecule has 1 atom stereocenters. The molecule has 0 amide bonds. The molecule has 2 fully saturated rings. The second-order valence-corrected chi connectivity index (χ2v) is 5.64. The predicted octanol–water partition coefficient (Wildman–Crippen LogP) is 3.11. The van der Waals surface area contributed by atoms with Crippen LogP contribution in [0.2, 0.25) is 0 Å². The van der Waals surface area contributed by atoms with Crippen molar-refractivity contribution in [1.82, 2.24) is 5.32 Å². The number of nitrogens with one attached hydrogen (secondary N) is 1. The fourth-order valence-corrected chi connectivity index (χ4v) is 3.36. The molecule has 86 valence electrons. The van der Waals surface area contributed by atoms with E-state index >= 15 is 0 Å². The Labute approximate surface area is 98.3 Å². The fourth-order valence-electron chi connectivity index (χ4n) is 3.36. The SMILES string of the molecule is CCc1cccc(C2CCC3(CNC3)C2)c1. The van der Waals surface area contributed by atoms with Gasteiger partial charge in [0.15, 0.2) is 0 Å². The van der Waals surface area contributed by atoms with Gasteiger partial charge in [-0.05, 0) is 48.1 Å². The summed E-state index contributed by atoms with van der Waals surface area (Å²) in [6, 6.07) is 9.24. The van der Waals surface area contributed by atoms with Gasteiger partial charge in [-0.2, -0.15) is 0 Å². The van der Waals surface area contributed by atoms with Gasteiger partial charge < -0.3 is 5.32 Å². The third kappa shape index (κ3) is 1.67. The maximum absolute atomic E-state index is 3.44. The van der Waals surface area contributed by atoms with Crippen LogP contribution in [-0.4, -0.2) is 13.1 Å². The standard InChI is InChI=1S/C15H21N/c1-2-12-4-3-5-13(8-12)14-6-7-15(9-14)10-16-11-15/h3-5,8,14,16H,2,6-7,9-11H2,1H3. The molecule has 1 aliphatic heterocycles. The van der Waals surface area contributed by atoms with Gasteiger partial charge in [0.2, 0.25) is 0 Å². The van der Waals surface area contributed by atoms with E-state index < -0.39 is 0 Å². The molecule has 3 rings (SSSR count). The van der Waals surface area contributed by atoms with Crippen molar-refractivity contribution in [2.45, 2.75) is 38.5 Å². The summed E-state index contributed by atoms with van der Waals surface area (Å²) in [5.41, 5.74) is 3.75. The van der Waals surface area contributed by atoms with Crippen LogP contribution in [-0.2, 0) is 6.42 Å². The van der Waals surface area contributed by atoms with E-state index in [0.29, 0.717) is 5.41 Å². The van der Waals surface area contributed by atoms with Gasteiger partial charge >= 0.3 is 0 Å². The Morgan fingerprint density at radius 2 is 2.25 bits per heavy atom. The lowest BCUT2D eigenvalue weighted by Gasteiger charge is -2.39. The van der Waals surface area contributed by atoms with E-state index in [-0.39, 0.29) is 0 Å². The highest BCUT2D eigenvalue weighted by Crippen LogP contribution is 2.48. The van der Waals surface area contributed by atoms with Gasteiger partial charge in [-0.25, -0.2) is 0 Å². The predicted molar refractivity (Wildman–Crippen MR) is 67.7 cm³/mol. The number of hydrogen-bond donors (Lipinski definition) is 1. The normalized spacial score (nSPS) is 26.9. The summed E-state index contributed by atoms with van der Waals surface area (Å²) in [7, 11) is 0. The molecular weight excluding hydrogens is 194 g/mol. The molecule has 1 saturated carbocycles. The summed E-state index contributed by atoms with van der Waals surface area (Å²) in [5, 5.41) is 3.44. The summed E-state index contributed by atoms with van der Waals surface area (Å²) in [5.74, 6) is 0.827. The van der Waals surface area contributed by atoms with Crippen molar-refractivity contribution in [3.05, 3.63) is 35.4 Å². The molecule has 1 unspecified atom stereocenters. The van der Waals surface area contributed by atoms with Crippen LogP contribution in [0.25, 0.3) is 0 Å². The lowest BCUT2D eigenvalue weighted by molar-refractivity contribution is 0.175. The summed E-state index contributed by atoms with van der Waals surface area (Å²) < 4.78 is 0. The van der Waals surface area contributed by atoms with Gasteiger partial charge in [-0.15, -0.1) is 0 Å². The van der Waals surface area contributed by atoms with Crippen LogP contribution in [0.3, 0.4) is 0 Å². The van der Waals surface area contributed by atoms with Crippen LogP contribution >= 0.6 is 0 Å². The molecule has 2 aliphatic rings. The molecule has 1 aliphatic carbocycles. The third-order valence-corrected chi connectivity index (χ3v) is 4.53. The first-order chi connectivity index (χ1) is 7.81. The molecule has 0 radical (unpaired) electrons. The third-order valence-electron chi connectivity index (χ3n) is 4.53. The number of hydrogen-bond acceptors (Lipinski definition) is 1. The first kappa shape index (κ1) is 10.3. The molecule has 16 heavy (non-hydrogen) atoms. The van der Waals surface area contributed by atoms with E-state index in [1.807, 2.05) is 0 Å². The van der Waals surface area contributed by atoms with Crippen LogP contribution in [0, 0.1) is 5.41 Å². The number of rotatable bonds is 2. The van der Waals surface area contributed by atoms with Gasteiger partial charge in [0.25, 0.3) is 0 Å². The van der Waals surface area contributed by atoms with E-state index in [0.717, 1.165) is 12.3 Å². The number of aryl methyl sites for hydroxylation is 1. The van der Waals surface area contributed by atoms with Crippen LogP contribution in [0.1, 0.15) is 43.2 Å². The minimum absolute atomic E-state index is 0.673. The highest BCUT2D eigenvalue weighted by Gasteiger charge is 2.43. The quantitative estimate of drug-likeness (QED) is 0.799. The van der Waals surface area contributed by atoms with Crippen molar-refractivity contribution >= 4 is 0 Å². The maximum atomic E-state index is 3.44. The Balaban J connectivity index is 1.77. The highest BCUT2D eigenvalue weighted by molar-refractivity contribution is 5.28. The van der Waals surface area contributed by atoms with E-state index in [1.54, 1.807) is 5.56 Å². The average Bonchev–Trinajstić information content (AvgIpc) is 2.74. The van der Waals surface area contributed by atoms with Crippen LogP contribution < -0.4 is 5.32 Å². The van der Waals surface area contributed by atoms with Crippen molar-refractivity contribution < 1.29 is 0 Å². The van der Waals surface area contributed by atoms with E-state index in [2.05, 4.69) is 36.5 Å². The molecule has 1 N–H and O–H groups in total. The summed E-state index contributed by atoms with van der Waals surface area (Å²) >= 11 is 0. The second kappa shape index (κ2) is 3.89. The molecule has 0 aromatic heterocycles. The zero-order valence-electron chi connectivity index (χ0n) is 10.1. The molecule has 0 bridgehead atoms. The lowest BCUT2D eigenvalue weighted by Crippen LogP contribution is -2.51. The molecular formula is C15H21N. The smallest absolute Gasteiger partial charge is 0.00204 e. The Kier molecular flexibility index (Phi) is 2.51. The summed E-state index contributed by atoms with van der Waals surface area (Å²) in [6.45, 7) is 4.76. The first-order valence-electron chi connectivity index (χ1n) is 6.61. The molecule has 1 spiro atoms. The molecule has 1 heterocycles. The van der Waals surface area contributed by atoms with Crippen molar-refractivity contribution in [2.75, 3.05) is 13.1 Å². The van der Waals surface area contributed by atoms with Gasteiger partial charge in [0, 0.05) is 13.1 Å². The average molecular weight is 215 g/mol. The lowest BCUT2D eigenvalue weighted by atomic mass is 9.79. The van der Waals surface area contributed by atoms with Crippen LogP contribution in [0.5, 0.6) is 0 Å². The van der Waals surface area contributed by atoms with Crippen molar-refractivity contribution in [1.29, 1.82) is 0 Å². The zero-order valence-corrected chi connectivity index (χ0v) is 10.1. The largest absolute Gasteiger partial charge is 0.316 e. The van der Waals surface area contributed by atoms with Crippen LogP contribution in [0.15, 0.2) is 24.3 Å². The highest BCUT2D eigenvalue weighted by atomic mass is 15.0. The summed E-state index contributed by atoms with van der Waals surface area (Å²) in [6.07, 6.45) is 5.40. The van der Waals surface area contributed by atoms with E-state index in [1.165, 1.54) is 37.9 Å². The van der Waals surface area contributed by atoms with Crippen molar-refractivity contribution in [2.24, 2.45) is 5.41 Å². The molecule has 1 nitrogen and oxygen atoms in total. The molecule has 1 saturated heterocycles. The zero-order chi connectivity index (χ0) is 11.0. The fraction of sp³-hybridized carbons (Fsp3) is 0.600. The first-order valence-corrected chi connectivity index (χ1v) is 6.61. The van der Waals surface area contributed by atoms with Gasteiger partial charge in [-0.1, -0.05) is 31.2 Å². The Hall–Kier alpha value is -0.820. The van der Waals surface area contributed by atoms with Gasteiger partial charge in [0.1, 0.15) is 0 Å². The topological polar surface area (TPSA) is 12.0 Å². The van der Waals surface area contributed by atoms with E-state index in [4.69, 9.17) is 0 Å². The van der Waals surface area contributed by atoms with Crippen molar-refractivity contribution in [3.63, 3.8) is 0 Å². The summed E-state index contributed by atoms with van der Waals surface area (Å²) in [4.78, 5) is 0. The van der Waals surface area contributed by atoms with Crippen LogP contribution in [0.4, 0.5) is 0 Å². The monoisotopic (exact) mass is 215 g/mol. The molecule has 1 heteroatoms.